The molecule has 3 aliphatic heterocycles. The molecule has 0 fully saturated rings. The summed E-state index contributed by atoms with van der Waals surface area (Å²) in [6.07, 6.45) is 17.0. The Morgan fingerprint density at radius 3 is 2.23 bits per heavy atom. The van der Waals surface area contributed by atoms with Gasteiger partial charge in [0.05, 0.1) is 11.2 Å². The van der Waals surface area contributed by atoms with E-state index in [1.807, 2.05) is 12.1 Å². The fraction of sp³-hybridized carbons (Fsp3) is 0.415. The van der Waals surface area contributed by atoms with Crippen LogP contribution in [-0.2, 0) is 35.3 Å². The Morgan fingerprint density at radius 1 is 0.808 bits per heavy atom. The molecule has 0 aromatic heterocycles. The molecule has 5 rings (SSSR count). The summed E-state index contributed by atoms with van der Waals surface area (Å²) < 4.78 is 34.1. The highest BCUT2D eigenvalue weighted by Gasteiger charge is 2.44. The molecular weight excluding hydrogens is 677 g/mol. The number of unbranched alkanes of at least 4 members (excludes halogenated alkanes) is 3. The molecule has 0 radical (unpaired) electrons. The molecule has 52 heavy (non-hydrogen) atoms. The molecule has 276 valence electrons. The molecule has 3 heterocycles. The van der Waals surface area contributed by atoms with Gasteiger partial charge in [-0.2, -0.15) is 13.0 Å². The number of anilines is 1. The number of imide groups is 1. The lowest BCUT2D eigenvalue weighted by Gasteiger charge is -2.27. The zero-order valence-corrected chi connectivity index (χ0v) is 31.5. The lowest BCUT2D eigenvalue weighted by atomic mass is 9.81. The summed E-state index contributed by atoms with van der Waals surface area (Å²) in [5.41, 5.74) is 6.74. The molecule has 2 N–H and O–H groups in total. The highest BCUT2D eigenvalue weighted by molar-refractivity contribution is 7.85. The second-order valence-electron chi connectivity index (χ2n) is 14.6. The van der Waals surface area contributed by atoms with Gasteiger partial charge in [0.25, 0.3) is 21.9 Å². The summed E-state index contributed by atoms with van der Waals surface area (Å²) in [5.74, 6) is -1.01. The number of rotatable bonds is 17. The Labute approximate surface area is 308 Å². The third-order valence-corrected chi connectivity index (χ3v) is 11.0. The molecule has 0 saturated heterocycles. The first kappa shape index (κ1) is 38.6. The van der Waals surface area contributed by atoms with Crippen molar-refractivity contribution in [2.45, 2.75) is 77.0 Å². The average molecular weight is 728 g/mol. The summed E-state index contributed by atoms with van der Waals surface area (Å²) in [6, 6.07) is 16.8. The van der Waals surface area contributed by atoms with Crippen LogP contribution in [0, 0.1) is 0 Å². The van der Waals surface area contributed by atoms with Crippen LogP contribution in [0.15, 0.2) is 96.8 Å². The lowest BCUT2D eigenvalue weighted by molar-refractivity contribution is -0.438. The molecule has 3 aliphatic rings. The SMILES string of the molecule is CC1(C)C(/C=C/C=C/C=C2/N(CCCCS(=O)(=O)O)c3ccccc3C2(C)C)=[N+](CCCCCC(=O)NCCN2C(=O)C=CC2=O)c2ccccc21. The van der Waals surface area contributed by atoms with Crippen molar-refractivity contribution in [3.8, 4) is 0 Å². The maximum absolute atomic E-state index is 12.4. The van der Waals surface area contributed by atoms with Crippen molar-refractivity contribution in [2.24, 2.45) is 0 Å². The van der Waals surface area contributed by atoms with Gasteiger partial charge in [-0.05, 0) is 57.2 Å². The van der Waals surface area contributed by atoms with E-state index in [9.17, 15) is 27.4 Å². The molecule has 0 unspecified atom stereocenters. The minimum absolute atomic E-state index is 0.0817. The van der Waals surface area contributed by atoms with Gasteiger partial charge in [0.15, 0.2) is 5.71 Å². The minimum Gasteiger partial charge on any atom is -0.354 e. The first-order chi connectivity index (χ1) is 24.7. The van der Waals surface area contributed by atoms with E-state index in [-0.39, 0.29) is 47.4 Å². The van der Waals surface area contributed by atoms with Gasteiger partial charge < -0.3 is 10.2 Å². The molecule has 3 amide bonds. The van der Waals surface area contributed by atoms with E-state index in [4.69, 9.17) is 0 Å². The third-order valence-electron chi connectivity index (χ3n) is 10.2. The Kier molecular flexibility index (Phi) is 12.2. The fourth-order valence-corrected chi connectivity index (χ4v) is 8.02. The van der Waals surface area contributed by atoms with Gasteiger partial charge in [-0.25, -0.2) is 0 Å². The number of carbonyl (C=O) groups excluding carboxylic acids is 3. The van der Waals surface area contributed by atoms with Gasteiger partial charge >= 0.3 is 0 Å². The van der Waals surface area contributed by atoms with E-state index >= 15 is 0 Å². The molecule has 0 aliphatic carbocycles. The summed E-state index contributed by atoms with van der Waals surface area (Å²) in [7, 11) is -3.98. The summed E-state index contributed by atoms with van der Waals surface area (Å²) in [6.45, 7) is 10.8. The van der Waals surface area contributed by atoms with Gasteiger partial charge in [-0.3, -0.25) is 23.8 Å². The number of allylic oxidation sites excluding steroid dienone is 6. The van der Waals surface area contributed by atoms with Crippen LogP contribution in [-0.4, -0.2) is 77.8 Å². The van der Waals surface area contributed by atoms with Crippen LogP contribution in [0.2, 0.25) is 0 Å². The maximum atomic E-state index is 12.4. The minimum atomic E-state index is -3.98. The molecule has 2 aromatic rings. The van der Waals surface area contributed by atoms with Gasteiger partial charge in [0.2, 0.25) is 11.6 Å². The smallest absolute Gasteiger partial charge is 0.264 e. The van der Waals surface area contributed by atoms with Crippen molar-refractivity contribution >= 4 is 44.9 Å². The van der Waals surface area contributed by atoms with Crippen LogP contribution < -0.4 is 10.2 Å². The van der Waals surface area contributed by atoms with Gasteiger partial charge in [0, 0.05) is 79.1 Å². The monoisotopic (exact) mass is 727 g/mol. The highest BCUT2D eigenvalue weighted by Crippen LogP contribution is 2.47. The first-order valence-corrected chi connectivity index (χ1v) is 19.7. The second kappa shape index (κ2) is 16.4. The molecule has 0 saturated carbocycles. The summed E-state index contributed by atoms with van der Waals surface area (Å²) >= 11 is 0. The van der Waals surface area contributed by atoms with E-state index in [0.717, 1.165) is 42.1 Å². The molecule has 2 aromatic carbocycles. The van der Waals surface area contributed by atoms with Crippen LogP contribution in [0.25, 0.3) is 0 Å². The number of fused-ring (bicyclic) bond motifs is 2. The zero-order valence-electron chi connectivity index (χ0n) is 30.7. The quantitative estimate of drug-likeness (QED) is 0.0661. The normalized spacial score (nSPS) is 18.4. The van der Waals surface area contributed by atoms with E-state index < -0.39 is 10.1 Å². The van der Waals surface area contributed by atoms with Crippen molar-refractivity contribution in [1.82, 2.24) is 10.2 Å². The van der Waals surface area contributed by atoms with Crippen molar-refractivity contribution < 1.29 is 31.9 Å². The standard InChI is InChI=1S/C41H50N4O6S/c1-40(2)31-17-10-12-19-33(31)43(27-14-6-9-23-37(46)42-26-29-45-38(47)24-25-39(45)48)35(40)21-7-5-8-22-36-41(3,4)32-18-11-13-20-34(32)44(36)28-15-16-30-52(49,50)51/h5,7-8,10-13,17-22,24-25H,6,9,14-16,23,26-30H2,1-4H3,(H-,42,46,49,50,51)/p+1. The zero-order chi connectivity index (χ0) is 37.5. The van der Waals surface area contributed by atoms with Crippen LogP contribution in [0.1, 0.15) is 77.3 Å². The Balaban J connectivity index is 1.22. The Bertz CT molecular complexity index is 1940. The van der Waals surface area contributed by atoms with Crippen LogP contribution >= 0.6 is 0 Å². The maximum Gasteiger partial charge on any atom is 0.264 e. The average Bonchev–Trinajstić information content (AvgIpc) is 3.61. The molecule has 0 atom stereocenters. The fourth-order valence-electron chi connectivity index (χ4n) is 7.45. The predicted molar refractivity (Wildman–Crippen MR) is 205 cm³/mol. The summed E-state index contributed by atoms with van der Waals surface area (Å²) in [4.78, 5) is 39.1. The number of hydrogen-bond donors (Lipinski definition) is 2. The predicted octanol–water partition coefficient (Wildman–Crippen LogP) is 6.13. The number of nitrogens with one attached hydrogen (secondary N) is 1. The van der Waals surface area contributed by atoms with Crippen molar-refractivity contribution in [3.05, 3.63) is 108 Å². The number of para-hydroxylation sites is 2. The number of nitrogens with zero attached hydrogens (tertiary/aromatic N) is 3. The Morgan fingerprint density at radius 2 is 1.50 bits per heavy atom. The topological polar surface area (TPSA) is 127 Å². The van der Waals surface area contributed by atoms with Crippen LogP contribution in [0.5, 0.6) is 0 Å². The van der Waals surface area contributed by atoms with E-state index in [1.54, 1.807) is 0 Å². The third kappa shape index (κ3) is 8.87. The highest BCUT2D eigenvalue weighted by atomic mass is 32.2. The Hall–Kier alpha value is -4.61. The van der Waals surface area contributed by atoms with Crippen LogP contribution in [0.4, 0.5) is 11.4 Å². The molecule has 0 bridgehead atoms. The molecular formula is C41H51N4O6S+. The number of amides is 3. The van der Waals surface area contributed by atoms with Crippen molar-refractivity contribution in [1.29, 1.82) is 0 Å². The van der Waals surface area contributed by atoms with Crippen molar-refractivity contribution in [2.75, 3.05) is 36.8 Å². The van der Waals surface area contributed by atoms with E-state index in [0.29, 0.717) is 25.8 Å². The largest absolute Gasteiger partial charge is 0.354 e. The molecule has 10 nitrogen and oxygen atoms in total. The number of hydrogen-bond acceptors (Lipinski definition) is 6. The van der Waals surface area contributed by atoms with Crippen molar-refractivity contribution in [3.63, 3.8) is 0 Å². The van der Waals surface area contributed by atoms with Gasteiger partial charge in [0.1, 0.15) is 6.54 Å². The molecule has 11 heteroatoms. The first-order valence-electron chi connectivity index (χ1n) is 18.1. The van der Waals surface area contributed by atoms with Gasteiger partial charge in [-0.1, -0.05) is 68.5 Å². The summed E-state index contributed by atoms with van der Waals surface area (Å²) in [5, 5.41) is 2.81. The van der Waals surface area contributed by atoms with E-state index in [2.05, 4.69) is 109 Å². The van der Waals surface area contributed by atoms with E-state index in [1.165, 1.54) is 34.7 Å². The lowest BCUT2D eigenvalue weighted by Crippen LogP contribution is -2.38. The molecule has 0 spiro atoms. The second-order valence-corrected chi connectivity index (χ2v) is 16.2. The van der Waals surface area contributed by atoms with Crippen LogP contribution in [0.3, 0.4) is 0 Å². The van der Waals surface area contributed by atoms with Gasteiger partial charge in [-0.15, -0.1) is 0 Å². The number of carbonyl (C=O) groups is 3. The number of benzene rings is 2.